The van der Waals surface area contributed by atoms with Crippen LogP contribution in [0.4, 0.5) is 4.79 Å². The van der Waals surface area contributed by atoms with Gasteiger partial charge in [-0.3, -0.25) is 4.79 Å². The van der Waals surface area contributed by atoms with Crippen LogP contribution in [0.3, 0.4) is 0 Å². The summed E-state index contributed by atoms with van der Waals surface area (Å²) in [4.78, 5) is 22.9. The summed E-state index contributed by atoms with van der Waals surface area (Å²) >= 11 is 0. The van der Waals surface area contributed by atoms with Crippen molar-refractivity contribution in [2.45, 2.75) is 38.1 Å². The average molecular weight is 270 g/mol. The summed E-state index contributed by atoms with van der Waals surface area (Å²) in [5, 5.41) is 14.7. The van der Waals surface area contributed by atoms with Crippen molar-refractivity contribution >= 4 is 12.0 Å². The summed E-state index contributed by atoms with van der Waals surface area (Å²) in [6.07, 6.45) is 4.27. The maximum Gasteiger partial charge on any atom is 0.315 e. The van der Waals surface area contributed by atoms with Gasteiger partial charge >= 0.3 is 12.0 Å². The summed E-state index contributed by atoms with van der Waals surface area (Å²) in [6, 6.07) is -0.504. The van der Waals surface area contributed by atoms with Gasteiger partial charge in [0.1, 0.15) is 0 Å². The van der Waals surface area contributed by atoms with Gasteiger partial charge in [0.15, 0.2) is 0 Å². The molecule has 0 spiro atoms. The molecule has 1 aliphatic carbocycles. The number of urea groups is 1. The number of nitrogens with one attached hydrogen (secondary N) is 2. The molecule has 1 saturated heterocycles. The Morgan fingerprint density at radius 2 is 2.00 bits per heavy atom. The van der Waals surface area contributed by atoms with Gasteiger partial charge in [-0.05, 0) is 19.3 Å². The van der Waals surface area contributed by atoms with Crippen LogP contribution < -0.4 is 10.6 Å². The second kappa shape index (κ2) is 6.75. The van der Waals surface area contributed by atoms with Crippen LogP contribution in [0.15, 0.2) is 0 Å². The van der Waals surface area contributed by atoms with Gasteiger partial charge in [0, 0.05) is 25.1 Å². The topological polar surface area (TPSA) is 87.7 Å². The minimum atomic E-state index is -0.811. The lowest BCUT2D eigenvalue weighted by molar-refractivity contribution is -0.143. The molecule has 2 fully saturated rings. The van der Waals surface area contributed by atoms with Gasteiger partial charge in [0.25, 0.3) is 0 Å². The van der Waals surface area contributed by atoms with Crippen LogP contribution in [0.5, 0.6) is 0 Å². The van der Waals surface area contributed by atoms with Crippen molar-refractivity contribution < 1.29 is 19.4 Å². The van der Waals surface area contributed by atoms with Gasteiger partial charge in [-0.25, -0.2) is 4.79 Å². The number of carboxylic acid groups (broad SMARTS) is 1. The Hall–Kier alpha value is -1.30. The number of amides is 2. The van der Waals surface area contributed by atoms with Crippen molar-refractivity contribution in [2.24, 2.45) is 11.8 Å². The molecule has 3 N–H and O–H groups in total. The first-order chi connectivity index (χ1) is 9.16. The third-order valence-electron chi connectivity index (χ3n) is 3.97. The van der Waals surface area contributed by atoms with Crippen molar-refractivity contribution in [2.75, 3.05) is 19.8 Å². The fraction of sp³-hybridized carbons (Fsp3) is 0.846. The Bertz CT molecular complexity index is 329. The highest BCUT2D eigenvalue weighted by molar-refractivity contribution is 5.76. The predicted molar refractivity (Wildman–Crippen MR) is 68.8 cm³/mol. The first-order valence-electron chi connectivity index (χ1n) is 7.01. The molecule has 0 aromatic rings. The Morgan fingerprint density at radius 3 is 2.68 bits per heavy atom. The van der Waals surface area contributed by atoms with E-state index < -0.39 is 11.9 Å². The van der Waals surface area contributed by atoms with Gasteiger partial charge in [-0.1, -0.05) is 12.8 Å². The highest BCUT2D eigenvalue weighted by Gasteiger charge is 2.31. The van der Waals surface area contributed by atoms with Crippen LogP contribution in [0.1, 0.15) is 32.1 Å². The van der Waals surface area contributed by atoms with Crippen molar-refractivity contribution in [3.63, 3.8) is 0 Å². The number of hydrogen-bond donors (Lipinski definition) is 3. The Morgan fingerprint density at radius 1 is 1.21 bits per heavy atom. The summed E-state index contributed by atoms with van der Waals surface area (Å²) in [7, 11) is 0. The fourth-order valence-electron chi connectivity index (χ4n) is 2.80. The number of carbonyl (C=O) groups excluding carboxylic acids is 1. The molecular weight excluding hydrogens is 248 g/mol. The van der Waals surface area contributed by atoms with Crippen LogP contribution in [0.25, 0.3) is 0 Å². The molecule has 1 heterocycles. The smallest absolute Gasteiger partial charge is 0.315 e. The van der Waals surface area contributed by atoms with Gasteiger partial charge in [0.05, 0.1) is 12.5 Å². The molecule has 2 amide bonds. The van der Waals surface area contributed by atoms with E-state index >= 15 is 0 Å². The minimum absolute atomic E-state index is 0.244. The van der Waals surface area contributed by atoms with Crippen molar-refractivity contribution in [3.05, 3.63) is 0 Å². The van der Waals surface area contributed by atoms with Gasteiger partial charge < -0.3 is 20.5 Å². The number of aliphatic carboxylic acids is 1. The molecule has 6 nitrogen and oxygen atoms in total. The normalized spacial score (nSPS) is 30.8. The van der Waals surface area contributed by atoms with Gasteiger partial charge in [-0.2, -0.15) is 0 Å². The van der Waals surface area contributed by atoms with E-state index in [1.54, 1.807) is 0 Å². The lowest BCUT2D eigenvalue weighted by Gasteiger charge is -2.29. The van der Waals surface area contributed by atoms with Crippen molar-refractivity contribution in [1.29, 1.82) is 0 Å². The van der Waals surface area contributed by atoms with E-state index in [4.69, 9.17) is 9.84 Å². The zero-order chi connectivity index (χ0) is 13.7. The molecule has 0 bridgehead atoms. The molecule has 6 heteroatoms. The molecule has 3 unspecified atom stereocenters. The molecule has 0 radical (unpaired) electrons. The molecule has 19 heavy (non-hydrogen) atoms. The number of ether oxygens (including phenoxy) is 1. The third kappa shape index (κ3) is 4.09. The molecule has 2 rings (SSSR count). The molecule has 108 valence electrons. The van der Waals surface area contributed by atoms with Gasteiger partial charge in [-0.15, -0.1) is 0 Å². The summed E-state index contributed by atoms with van der Waals surface area (Å²) in [5.74, 6) is -0.879. The zero-order valence-corrected chi connectivity index (χ0v) is 11.1. The minimum Gasteiger partial charge on any atom is -0.481 e. The van der Waals surface area contributed by atoms with E-state index in [1.807, 2.05) is 0 Å². The van der Waals surface area contributed by atoms with Crippen LogP contribution in [0, 0.1) is 11.8 Å². The lowest BCUT2D eigenvalue weighted by atomic mass is 9.84. The van der Waals surface area contributed by atoms with E-state index in [0.29, 0.717) is 25.5 Å². The van der Waals surface area contributed by atoms with Crippen molar-refractivity contribution in [1.82, 2.24) is 10.6 Å². The number of hydrogen-bond acceptors (Lipinski definition) is 3. The monoisotopic (exact) mass is 270 g/mol. The number of carboxylic acids is 1. The predicted octanol–water partition coefficient (Wildman–Crippen LogP) is 0.965. The average Bonchev–Trinajstić information content (AvgIpc) is 2.90. The largest absolute Gasteiger partial charge is 0.481 e. The number of carbonyl (C=O) groups is 2. The SMILES string of the molecule is O=C(NCC1CCOC1)NC1CCCCC1C(=O)O. The zero-order valence-electron chi connectivity index (χ0n) is 11.1. The standard InChI is InChI=1S/C13H22N2O4/c16-12(17)10-3-1-2-4-11(10)15-13(18)14-7-9-5-6-19-8-9/h9-11H,1-8H2,(H,16,17)(H2,14,15,18). The third-order valence-corrected chi connectivity index (χ3v) is 3.97. The highest BCUT2D eigenvalue weighted by Crippen LogP contribution is 2.24. The Labute approximate surface area is 112 Å². The molecule has 0 aromatic heterocycles. The van der Waals surface area contributed by atoms with Crippen molar-refractivity contribution in [3.8, 4) is 0 Å². The summed E-state index contributed by atoms with van der Waals surface area (Å²) in [6.45, 7) is 2.05. The fourth-order valence-corrected chi connectivity index (χ4v) is 2.80. The van der Waals surface area contributed by atoms with E-state index in [-0.39, 0.29) is 12.1 Å². The van der Waals surface area contributed by atoms with Crippen LogP contribution in [-0.4, -0.2) is 42.9 Å². The van der Waals surface area contributed by atoms with E-state index in [2.05, 4.69) is 10.6 Å². The second-order valence-corrected chi connectivity index (χ2v) is 5.42. The van der Waals surface area contributed by atoms with Crippen LogP contribution in [-0.2, 0) is 9.53 Å². The van der Waals surface area contributed by atoms with Crippen LogP contribution >= 0.6 is 0 Å². The molecule has 1 aliphatic heterocycles. The van der Waals surface area contributed by atoms with Crippen LogP contribution in [0.2, 0.25) is 0 Å². The maximum absolute atomic E-state index is 11.8. The molecule has 2 aliphatic rings. The summed E-state index contributed by atoms with van der Waals surface area (Å²) in [5.41, 5.74) is 0. The molecule has 0 aromatic carbocycles. The molecular formula is C13H22N2O4. The van der Waals surface area contributed by atoms with E-state index in [9.17, 15) is 9.59 Å². The lowest BCUT2D eigenvalue weighted by Crippen LogP contribution is -2.49. The Kier molecular flexibility index (Phi) is 5.01. The maximum atomic E-state index is 11.8. The van der Waals surface area contributed by atoms with Gasteiger partial charge in [0.2, 0.25) is 0 Å². The number of rotatable bonds is 4. The quantitative estimate of drug-likeness (QED) is 0.710. The molecule has 1 saturated carbocycles. The highest BCUT2D eigenvalue weighted by atomic mass is 16.5. The first-order valence-corrected chi connectivity index (χ1v) is 7.01. The summed E-state index contributed by atoms with van der Waals surface area (Å²) < 4.78 is 5.24. The second-order valence-electron chi connectivity index (χ2n) is 5.42. The van der Waals surface area contributed by atoms with E-state index in [0.717, 1.165) is 32.3 Å². The first kappa shape index (κ1) is 14.1. The molecule has 3 atom stereocenters. The Balaban J connectivity index is 1.74. The van der Waals surface area contributed by atoms with E-state index in [1.165, 1.54) is 0 Å².